The van der Waals surface area contributed by atoms with Crippen molar-refractivity contribution in [1.29, 1.82) is 0 Å². The van der Waals surface area contributed by atoms with Gasteiger partial charge in [-0.15, -0.1) is 22.7 Å². The summed E-state index contributed by atoms with van der Waals surface area (Å²) in [6, 6.07) is 14.7. The average molecular weight is 540 g/mol. The number of hydrogen-bond acceptors (Lipinski definition) is 7. The molecule has 0 saturated heterocycles. The summed E-state index contributed by atoms with van der Waals surface area (Å²) in [6.07, 6.45) is 1.11. The van der Waals surface area contributed by atoms with Crippen LogP contribution in [0, 0.1) is 0 Å². The summed E-state index contributed by atoms with van der Waals surface area (Å²) in [5, 5.41) is 4.47. The Bertz CT molecular complexity index is 1490. The van der Waals surface area contributed by atoms with E-state index in [-0.39, 0.29) is 17.2 Å². The number of para-hydroxylation sites is 1. The van der Waals surface area contributed by atoms with E-state index in [1.54, 1.807) is 60.8 Å². The van der Waals surface area contributed by atoms with Crippen LogP contribution in [-0.4, -0.2) is 42.5 Å². The lowest BCUT2D eigenvalue weighted by atomic mass is 10.0. The van der Waals surface area contributed by atoms with Gasteiger partial charge >= 0.3 is 0 Å². The number of benzene rings is 2. The number of fused-ring (bicyclic) bond motifs is 2. The van der Waals surface area contributed by atoms with Crippen molar-refractivity contribution in [1.82, 2.24) is 9.88 Å². The zero-order chi connectivity index (χ0) is 25.4. The molecule has 36 heavy (non-hydrogen) atoms. The van der Waals surface area contributed by atoms with Crippen LogP contribution in [0.5, 0.6) is 0 Å². The zero-order valence-electron chi connectivity index (χ0n) is 20.6. The van der Waals surface area contributed by atoms with Crippen molar-refractivity contribution >= 4 is 53.6 Å². The number of aromatic nitrogens is 1. The highest BCUT2D eigenvalue weighted by atomic mass is 32.2. The van der Waals surface area contributed by atoms with Crippen LogP contribution in [0.3, 0.4) is 0 Å². The van der Waals surface area contributed by atoms with Crippen LogP contribution in [-0.2, 0) is 34.0 Å². The fourth-order valence-electron chi connectivity index (χ4n) is 4.45. The van der Waals surface area contributed by atoms with Crippen LogP contribution in [0.1, 0.15) is 36.8 Å². The molecule has 9 heteroatoms. The molecule has 0 aliphatic carbocycles. The van der Waals surface area contributed by atoms with Gasteiger partial charge in [0.25, 0.3) is 0 Å². The highest BCUT2D eigenvalue weighted by Gasteiger charge is 2.27. The fraction of sp³-hybridized carbons (Fsp3) is 0.333. The molecule has 0 fully saturated rings. The number of thiazole rings is 1. The summed E-state index contributed by atoms with van der Waals surface area (Å²) in [4.78, 5) is 22.0. The van der Waals surface area contributed by atoms with Crippen LogP contribution in [0.2, 0.25) is 0 Å². The molecule has 0 bridgehead atoms. The number of thiophene rings is 1. The Morgan fingerprint density at radius 2 is 1.86 bits per heavy atom. The van der Waals surface area contributed by atoms with E-state index in [9.17, 15) is 13.2 Å². The Labute approximate surface area is 219 Å². The van der Waals surface area contributed by atoms with E-state index in [1.165, 1.54) is 10.4 Å². The molecule has 4 aromatic rings. The first-order valence-electron chi connectivity index (χ1n) is 12.1. The summed E-state index contributed by atoms with van der Waals surface area (Å²) in [5.41, 5.74) is 4.09. The molecule has 1 aliphatic rings. The Balaban J connectivity index is 1.43. The Morgan fingerprint density at radius 3 is 2.56 bits per heavy atom. The SMILES string of the molecule is CCN1CCc2c(sc(NC(=O)Cc3ccc(S(=O)(=O)C(C)C)cc3)c2-c2nc3ccccc3s2)C1. The number of nitrogens with zero attached hydrogens (tertiary/aromatic N) is 2. The van der Waals surface area contributed by atoms with E-state index in [0.717, 1.165) is 57.4 Å². The minimum Gasteiger partial charge on any atom is -0.317 e. The number of anilines is 1. The third-order valence-corrected chi connectivity index (χ3v) is 10.9. The summed E-state index contributed by atoms with van der Waals surface area (Å²) in [6.45, 7) is 8.39. The second-order valence-corrected chi connectivity index (χ2v) is 13.9. The van der Waals surface area contributed by atoms with Crippen LogP contribution < -0.4 is 5.32 Å². The molecule has 0 atom stereocenters. The predicted molar refractivity (Wildman–Crippen MR) is 149 cm³/mol. The average Bonchev–Trinajstić information content (AvgIpc) is 3.44. The van der Waals surface area contributed by atoms with Gasteiger partial charge in [0.1, 0.15) is 10.0 Å². The van der Waals surface area contributed by atoms with E-state index < -0.39 is 15.1 Å². The lowest BCUT2D eigenvalue weighted by molar-refractivity contribution is -0.115. The molecule has 1 amide bonds. The predicted octanol–water partition coefficient (Wildman–Crippen LogP) is 5.77. The molecule has 188 valence electrons. The van der Waals surface area contributed by atoms with Crippen LogP contribution in [0.25, 0.3) is 20.8 Å². The minimum absolute atomic E-state index is 0.122. The van der Waals surface area contributed by atoms with Crippen molar-refractivity contribution in [2.75, 3.05) is 18.4 Å². The molecule has 3 heterocycles. The molecule has 0 radical (unpaired) electrons. The first kappa shape index (κ1) is 25.1. The monoisotopic (exact) mass is 539 g/mol. The van der Waals surface area contributed by atoms with Gasteiger partial charge in [0.2, 0.25) is 5.91 Å². The molecule has 6 nitrogen and oxygen atoms in total. The zero-order valence-corrected chi connectivity index (χ0v) is 23.0. The van der Waals surface area contributed by atoms with Gasteiger partial charge in [0.05, 0.1) is 26.8 Å². The second-order valence-electron chi connectivity index (χ2n) is 9.28. The summed E-state index contributed by atoms with van der Waals surface area (Å²) in [5.74, 6) is -0.122. The highest BCUT2D eigenvalue weighted by Crippen LogP contribution is 2.45. The number of sulfone groups is 1. The Kier molecular flexibility index (Phi) is 7.00. The van der Waals surface area contributed by atoms with Gasteiger partial charge < -0.3 is 5.32 Å². The van der Waals surface area contributed by atoms with Crippen molar-refractivity contribution in [3.8, 4) is 10.6 Å². The van der Waals surface area contributed by atoms with E-state index in [4.69, 9.17) is 4.98 Å². The second kappa shape index (κ2) is 10.0. The van der Waals surface area contributed by atoms with Crippen molar-refractivity contribution in [2.24, 2.45) is 0 Å². The van der Waals surface area contributed by atoms with E-state index in [0.29, 0.717) is 0 Å². The molecule has 0 saturated carbocycles. The number of carbonyl (C=O) groups is 1. The van der Waals surface area contributed by atoms with Crippen molar-refractivity contribution in [2.45, 2.75) is 50.3 Å². The Morgan fingerprint density at radius 1 is 1.11 bits per heavy atom. The van der Waals surface area contributed by atoms with Gasteiger partial charge in [-0.05, 0) is 62.2 Å². The van der Waals surface area contributed by atoms with Crippen LogP contribution in [0.4, 0.5) is 5.00 Å². The van der Waals surface area contributed by atoms with Crippen molar-refractivity contribution < 1.29 is 13.2 Å². The molecule has 1 N–H and O–H groups in total. The lowest BCUT2D eigenvalue weighted by Crippen LogP contribution is -2.29. The topological polar surface area (TPSA) is 79.4 Å². The highest BCUT2D eigenvalue weighted by molar-refractivity contribution is 7.92. The standard InChI is InChI=1S/C27H29N3O3S3/c1-4-30-14-13-20-23(16-30)35-27(25(20)26-28-21-7-5-6-8-22(21)34-26)29-24(31)15-18-9-11-19(12-10-18)36(32,33)17(2)3/h5-12,17H,4,13-16H2,1-3H3,(H,29,31). The largest absolute Gasteiger partial charge is 0.317 e. The molecule has 2 aromatic carbocycles. The summed E-state index contributed by atoms with van der Waals surface area (Å²) >= 11 is 3.31. The number of rotatable bonds is 7. The van der Waals surface area contributed by atoms with Crippen LogP contribution in [0.15, 0.2) is 53.4 Å². The normalized spacial score (nSPS) is 14.3. The van der Waals surface area contributed by atoms with E-state index in [2.05, 4.69) is 23.2 Å². The maximum absolute atomic E-state index is 13.1. The quantitative estimate of drug-likeness (QED) is 0.323. The van der Waals surface area contributed by atoms with Gasteiger partial charge in [-0.1, -0.05) is 31.2 Å². The van der Waals surface area contributed by atoms with Gasteiger partial charge in [0, 0.05) is 23.5 Å². The Hall–Kier alpha value is -2.59. The first-order valence-corrected chi connectivity index (χ1v) is 15.3. The number of hydrogen-bond donors (Lipinski definition) is 1. The summed E-state index contributed by atoms with van der Waals surface area (Å²) < 4.78 is 25.9. The first-order chi connectivity index (χ1) is 17.3. The molecule has 1 aliphatic heterocycles. The number of amides is 1. The smallest absolute Gasteiger partial charge is 0.229 e. The number of nitrogens with one attached hydrogen (secondary N) is 1. The minimum atomic E-state index is -3.34. The van der Waals surface area contributed by atoms with E-state index >= 15 is 0 Å². The number of carbonyl (C=O) groups excluding carboxylic acids is 1. The third kappa shape index (κ3) is 4.85. The molecule has 5 rings (SSSR count). The maximum atomic E-state index is 13.1. The summed E-state index contributed by atoms with van der Waals surface area (Å²) in [7, 11) is -3.34. The van der Waals surface area contributed by atoms with Crippen molar-refractivity contribution in [3.05, 3.63) is 64.5 Å². The maximum Gasteiger partial charge on any atom is 0.229 e. The van der Waals surface area contributed by atoms with Gasteiger partial charge in [-0.25, -0.2) is 13.4 Å². The van der Waals surface area contributed by atoms with Gasteiger partial charge in [-0.3, -0.25) is 9.69 Å². The number of likely N-dealkylation sites (N-methyl/N-ethyl adjacent to an activating group) is 1. The molecule has 0 unspecified atom stereocenters. The van der Waals surface area contributed by atoms with Gasteiger partial charge in [0.15, 0.2) is 9.84 Å². The van der Waals surface area contributed by atoms with E-state index in [1.807, 2.05) is 18.2 Å². The fourth-order valence-corrected chi connectivity index (χ4v) is 7.92. The van der Waals surface area contributed by atoms with Gasteiger partial charge in [-0.2, -0.15) is 0 Å². The molecule has 0 spiro atoms. The lowest BCUT2D eigenvalue weighted by Gasteiger charge is -2.25. The molecule has 2 aromatic heterocycles. The third-order valence-electron chi connectivity index (χ3n) is 6.58. The molecular formula is C27H29N3O3S3. The molecular weight excluding hydrogens is 511 g/mol. The van der Waals surface area contributed by atoms with Crippen LogP contribution >= 0.6 is 22.7 Å². The van der Waals surface area contributed by atoms with Crippen molar-refractivity contribution in [3.63, 3.8) is 0 Å².